The molecule has 2 atom stereocenters. The van der Waals surface area contributed by atoms with E-state index in [2.05, 4.69) is 34.8 Å². The van der Waals surface area contributed by atoms with Gasteiger partial charge in [0.15, 0.2) is 0 Å². The predicted molar refractivity (Wildman–Crippen MR) is 116 cm³/mol. The summed E-state index contributed by atoms with van der Waals surface area (Å²) < 4.78 is 5.35. The fourth-order valence-electron chi connectivity index (χ4n) is 3.55. The SMILES string of the molecule is C=CCCC(O)CN(Cc1cccc(OC)c1)CC1CC(c2ccccc2)=NO1. The van der Waals surface area contributed by atoms with Crippen molar-refractivity contribution in [3.8, 4) is 5.75 Å². The molecule has 2 aromatic rings. The van der Waals surface area contributed by atoms with Crippen molar-refractivity contribution in [2.45, 2.75) is 38.0 Å². The largest absolute Gasteiger partial charge is 0.497 e. The molecule has 0 spiro atoms. The molecule has 0 aromatic heterocycles. The van der Waals surface area contributed by atoms with E-state index in [0.29, 0.717) is 26.1 Å². The lowest BCUT2D eigenvalue weighted by atomic mass is 10.0. The fraction of sp³-hybridized carbons (Fsp3) is 0.375. The number of aliphatic hydroxyl groups excluding tert-OH is 1. The summed E-state index contributed by atoms with van der Waals surface area (Å²) in [6.45, 7) is 5.73. The highest BCUT2D eigenvalue weighted by Gasteiger charge is 2.25. The van der Waals surface area contributed by atoms with E-state index in [1.54, 1.807) is 7.11 Å². The van der Waals surface area contributed by atoms with E-state index in [1.165, 1.54) is 0 Å². The molecule has 0 bridgehead atoms. The quantitative estimate of drug-likeness (QED) is 0.585. The minimum atomic E-state index is -0.408. The number of allylic oxidation sites excluding steroid dienone is 1. The van der Waals surface area contributed by atoms with Gasteiger partial charge in [0.1, 0.15) is 11.9 Å². The minimum Gasteiger partial charge on any atom is -0.497 e. The van der Waals surface area contributed by atoms with Gasteiger partial charge in [0.2, 0.25) is 0 Å². The Morgan fingerprint density at radius 3 is 2.86 bits per heavy atom. The van der Waals surface area contributed by atoms with Gasteiger partial charge in [-0.15, -0.1) is 6.58 Å². The Balaban J connectivity index is 1.64. The van der Waals surface area contributed by atoms with Gasteiger partial charge >= 0.3 is 0 Å². The lowest BCUT2D eigenvalue weighted by Crippen LogP contribution is -2.37. The average molecular weight is 395 g/mol. The number of hydrogen-bond donors (Lipinski definition) is 1. The normalized spacial score (nSPS) is 16.9. The van der Waals surface area contributed by atoms with E-state index >= 15 is 0 Å². The maximum absolute atomic E-state index is 10.4. The molecule has 29 heavy (non-hydrogen) atoms. The van der Waals surface area contributed by atoms with Crippen LogP contribution < -0.4 is 4.74 Å². The Morgan fingerprint density at radius 2 is 2.10 bits per heavy atom. The third-order valence-corrected chi connectivity index (χ3v) is 5.02. The Labute approximate surface area is 173 Å². The zero-order chi connectivity index (χ0) is 20.5. The van der Waals surface area contributed by atoms with Crippen LogP contribution in [-0.2, 0) is 11.4 Å². The molecule has 154 valence electrons. The van der Waals surface area contributed by atoms with E-state index in [4.69, 9.17) is 9.57 Å². The first-order valence-corrected chi connectivity index (χ1v) is 10.1. The maximum atomic E-state index is 10.4. The molecule has 0 fully saturated rings. The van der Waals surface area contributed by atoms with Crippen LogP contribution in [0.25, 0.3) is 0 Å². The number of ether oxygens (including phenoxy) is 1. The molecule has 5 nitrogen and oxygen atoms in total. The maximum Gasteiger partial charge on any atom is 0.145 e. The number of methoxy groups -OCH3 is 1. The van der Waals surface area contributed by atoms with Crippen molar-refractivity contribution in [3.63, 3.8) is 0 Å². The van der Waals surface area contributed by atoms with Gasteiger partial charge in [0, 0.05) is 26.1 Å². The third-order valence-electron chi connectivity index (χ3n) is 5.02. The van der Waals surface area contributed by atoms with Crippen LogP contribution in [0.15, 0.2) is 72.4 Å². The summed E-state index contributed by atoms with van der Waals surface area (Å²) in [7, 11) is 1.67. The van der Waals surface area contributed by atoms with Crippen molar-refractivity contribution < 1.29 is 14.7 Å². The molecule has 1 aliphatic rings. The number of benzene rings is 2. The Kier molecular flexibility index (Phi) is 7.85. The number of nitrogens with zero attached hydrogens (tertiary/aromatic N) is 2. The number of rotatable bonds is 11. The summed E-state index contributed by atoms with van der Waals surface area (Å²) in [6.07, 6.45) is 3.68. The van der Waals surface area contributed by atoms with E-state index in [1.807, 2.05) is 42.5 Å². The lowest BCUT2D eigenvalue weighted by Gasteiger charge is -2.27. The van der Waals surface area contributed by atoms with Crippen molar-refractivity contribution >= 4 is 5.71 Å². The zero-order valence-corrected chi connectivity index (χ0v) is 17.0. The van der Waals surface area contributed by atoms with Gasteiger partial charge in [-0.05, 0) is 36.1 Å². The molecule has 0 saturated heterocycles. The monoisotopic (exact) mass is 394 g/mol. The fourth-order valence-corrected chi connectivity index (χ4v) is 3.55. The summed E-state index contributed by atoms with van der Waals surface area (Å²) >= 11 is 0. The van der Waals surface area contributed by atoms with Gasteiger partial charge in [0.05, 0.1) is 18.9 Å². The molecule has 0 amide bonds. The van der Waals surface area contributed by atoms with Gasteiger partial charge in [-0.25, -0.2) is 0 Å². The predicted octanol–water partition coefficient (Wildman–Crippen LogP) is 4.02. The van der Waals surface area contributed by atoms with E-state index in [9.17, 15) is 5.11 Å². The van der Waals surface area contributed by atoms with Crippen LogP contribution in [0.2, 0.25) is 0 Å². The molecule has 1 aliphatic heterocycles. The Hall–Kier alpha value is -2.63. The van der Waals surface area contributed by atoms with Crippen LogP contribution in [0.3, 0.4) is 0 Å². The van der Waals surface area contributed by atoms with Crippen LogP contribution in [0.4, 0.5) is 0 Å². The van der Waals surface area contributed by atoms with Crippen molar-refractivity contribution in [2.24, 2.45) is 5.16 Å². The van der Waals surface area contributed by atoms with Crippen molar-refractivity contribution in [2.75, 3.05) is 20.2 Å². The van der Waals surface area contributed by atoms with Crippen molar-refractivity contribution in [1.29, 1.82) is 0 Å². The Morgan fingerprint density at radius 1 is 1.28 bits per heavy atom. The second kappa shape index (κ2) is 10.8. The third kappa shape index (κ3) is 6.44. The molecule has 5 heteroatoms. The molecule has 1 heterocycles. The number of aliphatic hydroxyl groups is 1. The van der Waals surface area contributed by atoms with E-state index in [0.717, 1.165) is 35.4 Å². The minimum absolute atomic E-state index is 0.0255. The molecule has 0 radical (unpaired) electrons. The summed E-state index contributed by atoms with van der Waals surface area (Å²) in [5, 5.41) is 14.7. The second-order valence-electron chi connectivity index (χ2n) is 7.40. The molecule has 1 N–H and O–H groups in total. The number of hydrogen-bond acceptors (Lipinski definition) is 5. The standard InChI is InChI=1S/C24H30N2O3/c1-3-4-12-21(27)17-26(16-19-9-8-13-22(14-19)28-2)18-23-15-24(25-29-23)20-10-6-5-7-11-20/h3,5-11,13-14,21,23,27H,1,4,12,15-18H2,2H3. The first-order chi connectivity index (χ1) is 14.2. The molecule has 0 aliphatic carbocycles. The van der Waals surface area contributed by atoms with Crippen molar-refractivity contribution in [1.82, 2.24) is 4.90 Å². The van der Waals surface area contributed by atoms with Gasteiger partial charge < -0.3 is 14.7 Å². The van der Waals surface area contributed by atoms with Gasteiger partial charge in [-0.2, -0.15) is 0 Å². The van der Waals surface area contributed by atoms with E-state index in [-0.39, 0.29) is 6.10 Å². The first-order valence-electron chi connectivity index (χ1n) is 10.1. The number of oxime groups is 1. The van der Waals surface area contributed by atoms with Crippen molar-refractivity contribution in [3.05, 3.63) is 78.4 Å². The summed E-state index contributed by atoms with van der Waals surface area (Å²) in [6, 6.07) is 18.2. The van der Waals surface area contributed by atoms with Crippen LogP contribution in [0.1, 0.15) is 30.4 Å². The van der Waals surface area contributed by atoms with Crippen LogP contribution in [-0.4, -0.2) is 48.1 Å². The van der Waals surface area contributed by atoms with Gasteiger partial charge in [0.25, 0.3) is 0 Å². The lowest BCUT2D eigenvalue weighted by molar-refractivity contribution is 0.0308. The topological polar surface area (TPSA) is 54.3 Å². The highest BCUT2D eigenvalue weighted by atomic mass is 16.6. The smallest absolute Gasteiger partial charge is 0.145 e. The van der Waals surface area contributed by atoms with Crippen LogP contribution in [0.5, 0.6) is 5.75 Å². The highest BCUT2D eigenvalue weighted by Crippen LogP contribution is 2.20. The summed E-state index contributed by atoms with van der Waals surface area (Å²) in [4.78, 5) is 7.95. The van der Waals surface area contributed by atoms with Crippen LogP contribution in [0, 0.1) is 0 Å². The zero-order valence-electron chi connectivity index (χ0n) is 17.0. The van der Waals surface area contributed by atoms with E-state index < -0.39 is 6.10 Å². The van der Waals surface area contributed by atoms with Gasteiger partial charge in [-0.3, -0.25) is 4.90 Å². The molecule has 3 rings (SSSR count). The molecular formula is C24H30N2O3. The molecule has 2 unspecified atom stereocenters. The Bertz CT molecular complexity index is 807. The molecule has 2 aromatic carbocycles. The highest BCUT2D eigenvalue weighted by molar-refractivity contribution is 6.01. The van der Waals surface area contributed by atoms with Gasteiger partial charge in [-0.1, -0.05) is 53.7 Å². The first kappa shape index (κ1) is 21.1. The second-order valence-corrected chi connectivity index (χ2v) is 7.40. The summed E-state index contributed by atoms with van der Waals surface area (Å²) in [5.74, 6) is 0.835. The average Bonchev–Trinajstić information content (AvgIpc) is 3.21. The molecule has 0 saturated carbocycles. The van der Waals surface area contributed by atoms with Crippen LogP contribution >= 0.6 is 0 Å². The molecular weight excluding hydrogens is 364 g/mol. The summed E-state index contributed by atoms with van der Waals surface area (Å²) in [5.41, 5.74) is 3.21.